The summed E-state index contributed by atoms with van der Waals surface area (Å²) in [6.07, 6.45) is 10.3. The summed E-state index contributed by atoms with van der Waals surface area (Å²) in [5.41, 5.74) is 2.63. The Bertz CT molecular complexity index is 2120. The van der Waals surface area contributed by atoms with Crippen LogP contribution in [0.15, 0.2) is 96.2 Å². The van der Waals surface area contributed by atoms with Gasteiger partial charge in [-0.2, -0.15) is 0 Å². The van der Waals surface area contributed by atoms with Gasteiger partial charge in [0.2, 0.25) is 12.1 Å². The van der Waals surface area contributed by atoms with E-state index in [4.69, 9.17) is 33.7 Å². The van der Waals surface area contributed by atoms with Gasteiger partial charge >= 0.3 is 6.09 Å². The fourth-order valence-electron chi connectivity index (χ4n) is 9.43. The number of nitro benzene ring substituents is 1. The molecule has 4 aliphatic rings. The second-order valence-electron chi connectivity index (χ2n) is 16.2. The van der Waals surface area contributed by atoms with Gasteiger partial charge in [0.15, 0.2) is 0 Å². The number of ether oxygens (including phenoxy) is 5. The summed E-state index contributed by atoms with van der Waals surface area (Å²) < 4.78 is 32.3. The number of nitrogens with zero attached hydrogens (tertiary/aromatic N) is 3. The van der Waals surface area contributed by atoms with E-state index < -0.39 is 35.1 Å². The number of aldehydes is 1. The highest BCUT2D eigenvalue weighted by Crippen LogP contribution is 2.62. The molecule has 0 aromatic heterocycles. The number of allylic oxidation sites excluding steroid dienone is 1. The first-order chi connectivity index (χ1) is 30.2. The lowest BCUT2D eigenvalue weighted by Gasteiger charge is -2.59. The molecule has 7 atom stereocenters. The predicted octanol–water partition coefficient (Wildman–Crippen LogP) is 8.49. The normalized spacial score (nSPS) is 25.6. The molecule has 2 N–H and O–H groups in total. The molecule has 7 rings (SSSR count). The smallest absolute Gasteiger partial charge is 0.415 e. The SMILES string of the molecule is C=CCO[C@@]12Oc3ccc(Oc4cccc(C=O)c4)cc3[C@H]3[C@H](CCCCO)[C@@H](CCCCO)C=C(C(=NOC4CCCCO4)C[C@@H]1N(C)C(=O)Oc1ccc([N+](=O)[O-])cc1)[C@H]32. The second kappa shape index (κ2) is 20.5. The number of carbonyl (C=O) groups is 2. The zero-order chi connectivity index (χ0) is 43.6. The van der Waals surface area contributed by atoms with Crippen molar-refractivity contribution in [3.63, 3.8) is 0 Å². The van der Waals surface area contributed by atoms with E-state index in [-0.39, 0.29) is 55.4 Å². The van der Waals surface area contributed by atoms with Crippen LogP contribution in [0, 0.1) is 27.9 Å². The summed E-state index contributed by atoms with van der Waals surface area (Å²) in [5, 5.41) is 36.0. The Morgan fingerprint density at radius 1 is 1.02 bits per heavy atom. The number of unbranched alkanes of at least 4 members (excludes halogenated alkanes) is 2. The van der Waals surface area contributed by atoms with Gasteiger partial charge in [0.1, 0.15) is 35.3 Å². The molecule has 0 bridgehead atoms. The van der Waals surface area contributed by atoms with Crippen LogP contribution in [0.25, 0.3) is 0 Å². The van der Waals surface area contributed by atoms with Gasteiger partial charge in [0.05, 0.1) is 29.8 Å². The molecule has 15 nitrogen and oxygen atoms in total. The average Bonchev–Trinajstić information content (AvgIpc) is 3.29. The molecule has 1 unspecified atom stereocenters. The zero-order valence-corrected chi connectivity index (χ0v) is 35.0. The van der Waals surface area contributed by atoms with Crippen LogP contribution in [0.4, 0.5) is 10.5 Å². The van der Waals surface area contributed by atoms with E-state index in [1.54, 1.807) is 43.5 Å². The van der Waals surface area contributed by atoms with Crippen LogP contribution in [0.2, 0.25) is 0 Å². The highest BCUT2D eigenvalue weighted by atomic mass is 16.8. The molecule has 2 aliphatic carbocycles. The topological polar surface area (TPSA) is 189 Å². The quantitative estimate of drug-likeness (QED) is 0.0385. The molecular weight excluding hydrogens is 799 g/mol. The van der Waals surface area contributed by atoms with Crippen molar-refractivity contribution in [1.82, 2.24) is 4.90 Å². The Hall–Kier alpha value is -5.61. The van der Waals surface area contributed by atoms with Gasteiger partial charge in [-0.05, 0) is 98.4 Å². The number of hydrogen-bond acceptors (Lipinski definition) is 13. The lowest BCUT2D eigenvalue weighted by atomic mass is 9.55. The van der Waals surface area contributed by atoms with Crippen molar-refractivity contribution in [2.45, 2.75) is 88.2 Å². The van der Waals surface area contributed by atoms with Crippen molar-refractivity contribution in [2.75, 3.05) is 33.5 Å². The van der Waals surface area contributed by atoms with Gasteiger partial charge in [0, 0.05) is 62.3 Å². The maximum absolute atomic E-state index is 14.3. The number of aliphatic hydroxyl groups is 2. The van der Waals surface area contributed by atoms with Gasteiger partial charge < -0.3 is 43.6 Å². The number of non-ortho nitro benzene ring substituents is 1. The first-order valence-electron chi connectivity index (χ1n) is 21.5. The molecule has 1 saturated heterocycles. The Morgan fingerprint density at radius 2 is 1.77 bits per heavy atom. The number of fused-ring (bicyclic) bond motifs is 2. The highest BCUT2D eigenvalue weighted by Gasteiger charge is 2.65. The number of amides is 1. The lowest BCUT2D eigenvalue weighted by molar-refractivity contribution is -0.384. The van der Waals surface area contributed by atoms with Crippen LogP contribution in [-0.2, 0) is 14.3 Å². The van der Waals surface area contributed by atoms with Crippen LogP contribution >= 0.6 is 0 Å². The van der Waals surface area contributed by atoms with Crippen molar-refractivity contribution in [2.24, 2.45) is 22.9 Å². The molecule has 15 heteroatoms. The molecule has 0 spiro atoms. The van der Waals surface area contributed by atoms with Crippen LogP contribution < -0.4 is 14.2 Å². The summed E-state index contributed by atoms with van der Waals surface area (Å²) in [6, 6.07) is 16.9. The van der Waals surface area contributed by atoms with Crippen molar-refractivity contribution < 1.29 is 53.2 Å². The fraction of sp³-hybridized carbons (Fsp3) is 0.468. The third-order valence-corrected chi connectivity index (χ3v) is 12.3. The van der Waals surface area contributed by atoms with Gasteiger partial charge in [-0.3, -0.25) is 14.9 Å². The van der Waals surface area contributed by atoms with E-state index in [1.807, 2.05) is 12.1 Å². The largest absolute Gasteiger partial charge is 0.459 e. The summed E-state index contributed by atoms with van der Waals surface area (Å²) >= 11 is 0. The van der Waals surface area contributed by atoms with Crippen LogP contribution in [0.5, 0.6) is 23.0 Å². The summed E-state index contributed by atoms with van der Waals surface area (Å²) in [6.45, 7) is 4.70. The number of oxime groups is 1. The average molecular weight is 854 g/mol. The molecular formula is C47H55N3O12. The summed E-state index contributed by atoms with van der Waals surface area (Å²) in [5.74, 6) is -0.800. The number of aliphatic hydroxyl groups excluding tert-OH is 2. The molecule has 1 amide bonds. The van der Waals surface area contributed by atoms with E-state index in [0.29, 0.717) is 54.4 Å². The Balaban J connectivity index is 1.39. The van der Waals surface area contributed by atoms with Gasteiger partial charge in [-0.25, -0.2) is 4.79 Å². The maximum Gasteiger partial charge on any atom is 0.415 e. The number of benzene rings is 3. The monoisotopic (exact) mass is 853 g/mol. The molecule has 2 fully saturated rings. The number of likely N-dealkylation sites (N-methyl/N-ethyl adjacent to an activating group) is 1. The molecule has 0 radical (unpaired) electrons. The van der Waals surface area contributed by atoms with Crippen LogP contribution in [-0.4, -0.2) is 89.7 Å². The minimum atomic E-state index is -1.53. The fourth-order valence-corrected chi connectivity index (χ4v) is 9.43. The maximum atomic E-state index is 14.3. The first-order valence-corrected chi connectivity index (χ1v) is 21.5. The minimum absolute atomic E-state index is 0.00547. The third-order valence-electron chi connectivity index (χ3n) is 12.3. The molecule has 3 aromatic rings. The highest BCUT2D eigenvalue weighted by molar-refractivity contribution is 6.03. The van der Waals surface area contributed by atoms with E-state index >= 15 is 0 Å². The van der Waals surface area contributed by atoms with E-state index in [1.165, 1.54) is 29.2 Å². The second-order valence-corrected chi connectivity index (χ2v) is 16.2. The number of nitro groups is 1. The number of rotatable bonds is 19. The molecule has 2 aliphatic heterocycles. The van der Waals surface area contributed by atoms with Gasteiger partial charge in [0.25, 0.3) is 5.69 Å². The third kappa shape index (κ3) is 9.71. The van der Waals surface area contributed by atoms with E-state index in [0.717, 1.165) is 55.9 Å². The first kappa shape index (κ1) is 44.4. The van der Waals surface area contributed by atoms with E-state index in [2.05, 4.69) is 12.7 Å². The van der Waals surface area contributed by atoms with Gasteiger partial charge in [-0.1, -0.05) is 42.3 Å². The number of hydrogen-bond donors (Lipinski definition) is 2. The van der Waals surface area contributed by atoms with Crippen molar-refractivity contribution in [3.8, 4) is 23.0 Å². The number of carbonyl (C=O) groups excluding carboxylic acids is 2. The molecule has 3 aromatic carbocycles. The van der Waals surface area contributed by atoms with Gasteiger partial charge in [-0.15, -0.1) is 6.58 Å². The summed E-state index contributed by atoms with van der Waals surface area (Å²) in [7, 11) is 1.60. The van der Waals surface area contributed by atoms with Crippen LogP contribution in [0.1, 0.15) is 86.0 Å². The Morgan fingerprint density at radius 3 is 2.48 bits per heavy atom. The molecule has 330 valence electrons. The Labute approximate surface area is 361 Å². The lowest BCUT2D eigenvalue weighted by Crippen LogP contribution is -2.69. The Kier molecular flexibility index (Phi) is 14.7. The van der Waals surface area contributed by atoms with Crippen LogP contribution in [0.3, 0.4) is 0 Å². The molecule has 1 saturated carbocycles. The molecule has 62 heavy (non-hydrogen) atoms. The summed E-state index contributed by atoms with van der Waals surface area (Å²) in [4.78, 5) is 44.3. The minimum Gasteiger partial charge on any atom is -0.459 e. The van der Waals surface area contributed by atoms with Crippen molar-refractivity contribution in [3.05, 3.63) is 112 Å². The standard InChI is InChI=1S/C47H55N3O12/c1-3-24-58-47-42(49(2)46(54)60-34-18-16-33(17-19-34)50(55)56)29-40(48-62-43-15-6-9-25-57-43)38-27-32(12-4-7-22-51)37(14-5-8-23-52)44(45(38)47)39-28-36(20-21-41(39)61-47)59-35-13-10-11-31(26-35)30-53/h3,10-11,13,16-21,26-28,30,32,37,42-45,51-52H,1,4-9,12,14-15,22-25,29H2,2H3/t32-,37+,42-,43?,44+,45+,47+/m0/s1. The zero-order valence-electron chi connectivity index (χ0n) is 35.0. The van der Waals surface area contributed by atoms with E-state index in [9.17, 15) is 29.9 Å². The predicted molar refractivity (Wildman–Crippen MR) is 228 cm³/mol. The molecule has 2 heterocycles. The van der Waals surface area contributed by atoms with Crippen molar-refractivity contribution >= 4 is 23.8 Å². The van der Waals surface area contributed by atoms with Crippen molar-refractivity contribution in [1.29, 1.82) is 0 Å².